The third-order valence-corrected chi connectivity index (χ3v) is 3.59. The minimum atomic E-state index is 0.321. The summed E-state index contributed by atoms with van der Waals surface area (Å²) in [5.74, 6) is 0.321. The molecule has 0 saturated carbocycles. The third-order valence-electron chi connectivity index (χ3n) is 1.51. The molecule has 0 saturated heterocycles. The van der Waals surface area contributed by atoms with Gasteiger partial charge >= 0.3 is 0 Å². The van der Waals surface area contributed by atoms with Crippen LogP contribution in [0.2, 0.25) is 0 Å². The average molecular weight is 277 g/mol. The second-order valence-electron chi connectivity index (χ2n) is 2.54. The molecule has 1 rings (SSSR count). The van der Waals surface area contributed by atoms with E-state index in [2.05, 4.69) is 51.8 Å². The summed E-state index contributed by atoms with van der Waals surface area (Å²) in [7, 11) is 0. The van der Waals surface area contributed by atoms with Gasteiger partial charge in [-0.2, -0.15) is 0 Å². The summed E-state index contributed by atoms with van der Waals surface area (Å²) in [6.45, 7) is 6.04. The molecule has 1 atom stereocenters. The van der Waals surface area contributed by atoms with Gasteiger partial charge in [-0.25, -0.2) is 0 Å². The second-order valence-corrected chi connectivity index (χ2v) is 4.19. The highest BCUT2D eigenvalue weighted by atomic mass is 79.9. The molecule has 0 spiro atoms. The first-order valence-corrected chi connectivity index (χ1v) is 4.98. The van der Waals surface area contributed by atoms with Crippen LogP contribution in [-0.4, -0.2) is 0 Å². The van der Waals surface area contributed by atoms with Crippen LogP contribution >= 0.6 is 31.9 Å². The molecule has 0 aromatic heterocycles. The monoisotopic (exact) mass is 275 g/mol. The molecule has 0 N–H and O–H groups in total. The van der Waals surface area contributed by atoms with E-state index in [1.54, 1.807) is 0 Å². The van der Waals surface area contributed by atoms with Crippen molar-refractivity contribution in [1.82, 2.24) is 0 Å². The SMILES string of the molecule is [CH2]C(C)c1cccc(Br)c1Br. The van der Waals surface area contributed by atoms with Gasteiger partial charge in [0.2, 0.25) is 0 Å². The fourth-order valence-electron chi connectivity index (χ4n) is 0.901. The molecular weight excluding hydrogens is 268 g/mol. The van der Waals surface area contributed by atoms with Crippen LogP contribution in [-0.2, 0) is 0 Å². The maximum Gasteiger partial charge on any atom is 0.0352 e. The number of hydrogen-bond donors (Lipinski definition) is 0. The van der Waals surface area contributed by atoms with E-state index in [9.17, 15) is 0 Å². The maximum absolute atomic E-state index is 3.96. The lowest BCUT2D eigenvalue weighted by Crippen LogP contribution is -1.88. The summed E-state index contributed by atoms with van der Waals surface area (Å²) in [6, 6.07) is 6.11. The fourth-order valence-corrected chi connectivity index (χ4v) is 1.94. The first-order chi connectivity index (χ1) is 5.13. The molecule has 0 heterocycles. The van der Waals surface area contributed by atoms with Crippen LogP contribution in [0.3, 0.4) is 0 Å². The zero-order chi connectivity index (χ0) is 8.43. The highest BCUT2D eigenvalue weighted by Gasteiger charge is 2.05. The first-order valence-electron chi connectivity index (χ1n) is 3.40. The van der Waals surface area contributed by atoms with Gasteiger partial charge in [0.1, 0.15) is 0 Å². The predicted molar refractivity (Wildman–Crippen MR) is 55.6 cm³/mol. The van der Waals surface area contributed by atoms with E-state index in [0.29, 0.717) is 5.92 Å². The van der Waals surface area contributed by atoms with Gasteiger partial charge < -0.3 is 0 Å². The van der Waals surface area contributed by atoms with E-state index in [0.717, 1.165) is 8.95 Å². The molecule has 0 aliphatic heterocycles. The van der Waals surface area contributed by atoms with Crippen LogP contribution in [0.1, 0.15) is 18.4 Å². The molecule has 1 aromatic carbocycles. The van der Waals surface area contributed by atoms with E-state index in [4.69, 9.17) is 0 Å². The Morgan fingerprint density at radius 2 is 2.00 bits per heavy atom. The molecule has 11 heavy (non-hydrogen) atoms. The van der Waals surface area contributed by atoms with Crippen molar-refractivity contribution in [2.24, 2.45) is 0 Å². The molecule has 59 valence electrons. The Morgan fingerprint density at radius 1 is 1.36 bits per heavy atom. The average Bonchev–Trinajstić information content (AvgIpc) is 1.94. The van der Waals surface area contributed by atoms with Crippen molar-refractivity contribution in [3.8, 4) is 0 Å². The molecule has 0 nitrogen and oxygen atoms in total. The normalized spacial score (nSPS) is 10.6. The zero-order valence-corrected chi connectivity index (χ0v) is 9.44. The Kier molecular flexibility index (Phi) is 3.14. The van der Waals surface area contributed by atoms with Crippen LogP contribution in [0, 0.1) is 6.92 Å². The summed E-state index contributed by atoms with van der Waals surface area (Å²) >= 11 is 6.93. The quantitative estimate of drug-likeness (QED) is 0.723. The lowest BCUT2D eigenvalue weighted by Gasteiger charge is -2.08. The highest BCUT2D eigenvalue weighted by molar-refractivity contribution is 9.13. The lowest BCUT2D eigenvalue weighted by atomic mass is 10.0. The van der Waals surface area contributed by atoms with Crippen molar-refractivity contribution in [2.45, 2.75) is 12.8 Å². The van der Waals surface area contributed by atoms with Gasteiger partial charge in [-0.05, 0) is 56.3 Å². The van der Waals surface area contributed by atoms with E-state index in [-0.39, 0.29) is 0 Å². The summed E-state index contributed by atoms with van der Waals surface area (Å²) in [4.78, 5) is 0. The Morgan fingerprint density at radius 3 is 2.45 bits per heavy atom. The van der Waals surface area contributed by atoms with E-state index in [1.807, 2.05) is 12.1 Å². The fraction of sp³-hybridized carbons (Fsp3) is 0.222. The van der Waals surface area contributed by atoms with E-state index in [1.165, 1.54) is 5.56 Å². The topological polar surface area (TPSA) is 0 Å². The molecule has 0 amide bonds. The van der Waals surface area contributed by atoms with Gasteiger partial charge in [0.15, 0.2) is 0 Å². The standard InChI is InChI=1S/C9H9Br2/c1-6(2)7-4-3-5-8(10)9(7)11/h3-6H,1H2,2H3. The van der Waals surface area contributed by atoms with Crippen LogP contribution in [0.15, 0.2) is 27.1 Å². The highest BCUT2D eigenvalue weighted by Crippen LogP contribution is 2.30. The van der Waals surface area contributed by atoms with Crippen LogP contribution in [0.4, 0.5) is 0 Å². The number of hydrogen-bond acceptors (Lipinski definition) is 0. The maximum atomic E-state index is 3.96. The largest absolute Gasteiger partial charge is 0.0608 e. The predicted octanol–water partition coefficient (Wildman–Crippen LogP) is 4.15. The Hall–Kier alpha value is 0.180. The van der Waals surface area contributed by atoms with Gasteiger partial charge in [-0.3, -0.25) is 0 Å². The van der Waals surface area contributed by atoms with Gasteiger partial charge in [-0.15, -0.1) is 0 Å². The molecule has 2 heteroatoms. The molecule has 1 unspecified atom stereocenters. The van der Waals surface area contributed by atoms with Crippen molar-refractivity contribution >= 4 is 31.9 Å². The van der Waals surface area contributed by atoms with E-state index < -0.39 is 0 Å². The molecule has 0 aliphatic carbocycles. The van der Waals surface area contributed by atoms with Crippen molar-refractivity contribution < 1.29 is 0 Å². The van der Waals surface area contributed by atoms with E-state index >= 15 is 0 Å². The van der Waals surface area contributed by atoms with Crippen LogP contribution < -0.4 is 0 Å². The smallest absolute Gasteiger partial charge is 0.0352 e. The second kappa shape index (κ2) is 3.72. The number of rotatable bonds is 1. The van der Waals surface area contributed by atoms with Gasteiger partial charge in [0.25, 0.3) is 0 Å². The molecule has 0 fully saturated rings. The zero-order valence-electron chi connectivity index (χ0n) is 6.27. The summed E-state index contributed by atoms with van der Waals surface area (Å²) < 4.78 is 2.20. The number of halogens is 2. The van der Waals surface area contributed by atoms with Crippen LogP contribution in [0.25, 0.3) is 0 Å². The van der Waals surface area contributed by atoms with Crippen molar-refractivity contribution in [3.63, 3.8) is 0 Å². The molecule has 1 aromatic rings. The minimum absolute atomic E-state index is 0.321. The summed E-state index contributed by atoms with van der Waals surface area (Å²) in [6.07, 6.45) is 0. The molecular formula is C9H9Br2. The van der Waals surface area contributed by atoms with Crippen LogP contribution in [0.5, 0.6) is 0 Å². The lowest BCUT2D eigenvalue weighted by molar-refractivity contribution is 0.954. The molecule has 1 radical (unpaired) electrons. The Balaban J connectivity index is 3.17. The van der Waals surface area contributed by atoms with Gasteiger partial charge in [0.05, 0.1) is 0 Å². The van der Waals surface area contributed by atoms with Crippen molar-refractivity contribution in [3.05, 3.63) is 39.6 Å². The minimum Gasteiger partial charge on any atom is -0.0608 e. The molecule has 0 aliphatic rings. The third kappa shape index (κ3) is 2.06. The summed E-state index contributed by atoms with van der Waals surface area (Å²) in [5, 5.41) is 0. The Labute approximate surface area is 84.3 Å². The number of benzene rings is 1. The van der Waals surface area contributed by atoms with Gasteiger partial charge in [-0.1, -0.05) is 19.1 Å². The Bertz CT molecular complexity index is 254. The van der Waals surface area contributed by atoms with Crippen molar-refractivity contribution in [1.29, 1.82) is 0 Å². The van der Waals surface area contributed by atoms with Gasteiger partial charge in [0, 0.05) is 8.95 Å². The first kappa shape index (κ1) is 9.27. The molecule has 0 bridgehead atoms. The van der Waals surface area contributed by atoms with Crippen molar-refractivity contribution in [2.75, 3.05) is 0 Å². The summed E-state index contributed by atoms with van der Waals surface area (Å²) in [5.41, 5.74) is 1.24.